The first kappa shape index (κ1) is 28.7. The molecule has 0 aliphatic heterocycles. The minimum absolute atomic E-state index is 0.614. The Labute approximate surface area is 297 Å². The van der Waals surface area contributed by atoms with Crippen molar-refractivity contribution < 1.29 is 8.83 Å². The van der Waals surface area contributed by atoms with Gasteiger partial charge < -0.3 is 8.83 Å². The van der Waals surface area contributed by atoms with Crippen LogP contribution in [0.25, 0.3) is 111 Å². The van der Waals surface area contributed by atoms with Crippen LogP contribution in [0.15, 0.2) is 173 Å². The van der Waals surface area contributed by atoms with Crippen molar-refractivity contribution >= 4 is 65.4 Å². The molecule has 242 valence electrons. The quantitative estimate of drug-likeness (QED) is 0.187. The lowest BCUT2D eigenvalue weighted by Gasteiger charge is -2.12. The van der Waals surface area contributed by atoms with Crippen LogP contribution in [0.4, 0.5) is 0 Å². The van der Waals surface area contributed by atoms with E-state index in [-0.39, 0.29) is 0 Å². The molecule has 5 heteroatoms. The lowest BCUT2D eigenvalue weighted by Crippen LogP contribution is -2.00. The highest BCUT2D eigenvalue weighted by atomic mass is 16.3. The highest BCUT2D eigenvalue weighted by Gasteiger charge is 2.17. The number of hydrogen-bond donors (Lipinski definition) is 0. The maximum Gasteiger partial charge on any atom is 0.164 e. The number of para-hydroxylation sites is 2. The van der Waals surface area contributed by atoms with E-state index in [4.69, 9.17) is 23.8 Å². The summed E-state index contributed by atoms with van der Waals surface area (Å²) in [6.45, 7) is 0. The zero-order chi connectivity index (χ0) is 34.2. The predicted octanol–water partition coefficient (Wildman–Crippen LogP) is 12.6. The summed E-state index contributed by atoms with van der Waals surface area (Å²) in [6, 6.07) is 56.3. The molecule has 0 N–H and O–H groups in total. The average Bonchev–Trinajstić information content (AvgIpc) is 3.79. The third-order valence-corrected chi connectivity index (χ3v) is 10.1. The van der Waals surface area contributed by atoms with Crippen LogP contribution in [0.1, 0.15) is 0 Å². The van der Waals surface area contributed by atoms with Gasteiger partial charge in [-0.2, -0.15) is 0 Å². The minimum Gasteiger partial charge on any atom is -0.456 e. The summed E-state index contributed by atoms with van der Waals surface area (Å²) in [5.41, 5.74) is 8.56. The molecule has 0 bridgehead atoms. The number of hydrogen-bond acceptors (Lipinski definition) is 5. The Bertz CT molecular complexity index is 3190. The van der Waals surface area contributed by atoms with Gasteiger partial charge in [-0.3, -0.25) is 0 Å². The molecule has 11 rings (SSSR count). The van der Waals surface area contributed by atoms with Crippen LogP contribution >= 0.6 is 0 Å². The second-order valence-electron chi connectivity index (χ2n) is 13.2. The third-order valence-electron chi connectivity index (χ3n) is 10.1. The van der Waals surface area contributed by atoms with Gasteiger partial charge in [-0.05, 0) is 69.1 Å². The van der Waals surface area contributed by atoms with E-state index in [1.54, 1.807) is 0 Å². The fourth-order valence-corrected chi connectivity index (χ4v) is 7.69. The largest absolute Gasteiger partial charge is 0.456 e. The highest BCUT2D eigenvalue weighted by molar-refractivity contribution is 6.19. The van der Waals surface area contributed by atoms with Gasteiger partial charge in [0.15, 0.2) is 17.5 Å². The molecule has 11 aromatic rings. The summed E-state index contributed by atoms with van der Waals surface area (Å²) < 4.78 is 12.5. The van der Waals surface area contributed by atoms with Crippen LogP contribution in [0, 0.1) is 0 Å². The molecule has 8 aromatic carbocycles. The Morgan fingerprint density at radius 1 is 0.308 bits per heavy atom. The van der Waals surface area contributed by atoms with E-state index < -0.39 is 0 Å². The van der Waals surface area contributed by atoms with Crippen molar-refractivity contribution in [3.8, 4) is 45.3 Å². The molecule has 0 fully saturated rings. The summed E-state index contributed by atoms with van der Waals surface area (Å²) in [5, 5.41) is 8.90. The normalized spacial score (nSPS) is 11.8. The van der Waals surface area contributed by atoms with Crippen molar-refractivity contribution in [1.82, 2.24) is 15.0 Å². The fourth-order valence-electron chi connectivity index (χ4n) is 7.69. The Hall–Kier alpha value is -7.11. The molecule has 52 heavy (non-hydrogen) atoms. The molecular weight excluding hydrogens is 639 g/mol. The maximum absolute atomic E-state index is 6.23. The molecular formula is C47H27N3O2. The second-order valence-corrected chi connectivity index (χ2v) is 13.2. The number of aromatic nitrogens is 3. The smallest absolute Gasteiger partial charge is 0.164 e. The first-order valence-corrected chi connectivity index (χ1v) is 17.3. The summed E-state index contributed by atoms with van der Waals surface area (Å²) in [4.78, 5) is 15.2. The second kappa shape index (κ2) is 11.2. The SMILES string of the molecule is c1ccc(-c2nc(-c3ccc4c(-c5cccc6oc7ccccc7c56)cccc4c3)nc(-c3ccc4ccc5oc6ccccc6c5c4c3)n2)cc1. The van der Waals surface area contributed by atoms with Crippen molar-refractivity contribution in [2.45, 2.75) is 0 Å². The zero-order valence-corrected chi connectivity index (χ0v) is 27.7. The van der Waals surface area contributed by atoms with E-state index in [1.807, 2.05) is 60.7 Å². The number of benzene rings is 8. The van der Waals surface area contributed by atoms with E-state index in [0.29, 0.717) is 17.5 Å². The van der Waals surface area contributed by atoms with E-state index >= 15 is 0 Å². The van der Waals surface area contributed by atoms with Gasteiger partial charge in [-0.1, -0.05) is 127 Å². The fraction of sp³-hybridized carbons (Fsp3) is 0. The van der Waals surface area contributed by atoms with Crippen molar-refractivity contribution in [2.24, 2.45) is 0 Å². The molecule has 0 saturated carbocycles. The van der Waals surface area contributed by atoms with Crippen molar-refractivity contribution in [1.29, 1.82) is 0 Å². The highest BCUT2D eigenvalue weighted by Crippen LogP contribution is 2.40. The lowest BCUT2D eigenvalue weighted by molar-refractivity contribution is 0.668. The van der Waals surface area contributed by atoms with Gasteiger partial charge in [0.1, 0.15) is 22.3 Å². The molecule has 3 heterocycles. The van der Waals surface area contributed by atoms with Crippen LogP contribution in [0.5, 0.6) is 0 Å². The first-order valence-electron chi connectivity index (χ1n) is 17.3. The van der Waals surface area contributed by atoms with Gasteiger partial charge >= 0.3 is 0 Å². The Balaban J connectivity index is 1.09. The summed E-state index contributed by atoms with van der Waals surface area (Å²) in [5.74, 6) is 1.86. The molecule has 0 saturated heterocycles. The van der Waals surface area contributed by atoms with Gasteiger partial charge in [-0.25, -0.2) is 15.0 Å². The Kier molecular flexibility index (Phi) is 6.18. The van der Waals surface area contributed by atoms with Gasteiger partial charge in [0.2, 0.25) is 0 Å². The monoisotopic (exact) mass is 665 g/mol. The number of rotatable bonds is 4. The number of fused-ring (bicyclic) bond motifs is 9. The average molecular weight is 666 g/mol. The molecule has 0 aliphatic rings. The molecule has 3 aromatic heterocycles. The van der Waals surface area contributed by atoms with Crippen LogP contribution < -0.4 is 0 Å². The van der Waals surface area contributed by atoms with E-state index in [1.165, 1.54) is 0 Å². The zero-order valence-electron chi connectivity index (χ0n) is 27.7. The summed E-state index contributed by atoms with van der Waals surface area (Å²) >= 11 is 0. The predicted molar refractivity (Wildman–Crippen MR) is 211 cm³/mol. The maximum atomic E-state index is 6.23. The molecule has 0 radical (unpaired) electrons. The molecule has 5 nitrogen and oxygen atoms in total. The number of nitrogens with zero attached hydrogens (tertiary/aromatic N) is 3. The minimum atomic E-state index is 0.614. The van der Waals surface area contributed by atoms with Crippen LogP contribution in [0.2, 0.25) is 0 Å². The van der Waals surface area contributed by atoms with Crippen molar-refractivity contribution in [3.05, 3.63) is 164 Å². The molecule has 0 unspecified atom stereocenters. The van der Waals surface area contributed by atoms with E-state index in [9.17, 15) is 0 Å². The Morgan fingerprint density at radius 3 is 1.67 bits per heavy atom. The standard InChI is InChI=1S/C47H27N3O2/c1-2-10-29(11-3-1)45-48-46(50-47(49-45)32-21-20-28-23-25-42-44(38(28)27-32)37-14-5-7-18-40(37)52-42)31-22-24-33-30(26-31)12-8-15-34(33)35-16-9-19-41-43(35)36-13-4-6-17-39(36)51-41/h1-27H. The first-order chi connectivity index (χ1) is 25.7. The van der Waals surface area contributed by atoms with Gasteiger partial charge in [0.25, 0.3) is 0 Å². The Morgan fingerprint density at radius 2 is 0.885 bits per heavy atom. The lowest BCUT2D eigenvalue weighted by atomic mass is 9.94. The van der Waals surface area contributed by atoms with Crippen LogP contribution in [-0.2, 0) is 0 Å². The van der Waals surface area contributed by atoms with Gasteiger partial charge in [0, 0.05) is 38.2 Å². The van der Waals surface area contributed by atoms with E-state index in [2.05, 4.69) is 103 Å². The van der Waals surface area contributed by atoms with Gasteiger partial charge in [-0.15, -0.1) is 0 Å². The molecule has 0 amide bonds. The summed E-state index contributed by atoms with van der Waals surface area (Å²) in [7, 11) is 0. The third kappa shape index (κ3) is 4.46. The molecule has 0 aliphatic carbocycles. The molecule has 0 atom stereocenters. The summed E-state index contributed by atoms with van der Waals surface area (Å²) in [6.07, 6.45) is 0. The van der Waals surface area contributed by atoms with Gasteiger partial charge in [0.05, 0.1) is 0 Å². The molecule has 0 spiro atoms. The van der Waals surface area contributed by atoms with Crippen LogP contribution in [0.3, 0.4) is 0 Å². The van der Waals surface area contributed by atoms with E-state index in [0.717, 1.165) is 93.2 Å². The topological polar surface area (TPSA) is 65.0 Å². The van der Waals surface area contributed by atoms with Crippen molar-refractivity contribution in [2.75, 3.05) is 0 Å². The van der Waals surface area contributed by atoms with Crippen LogP contribution in [-0.4, -0.2) is 15.0 Å². The van der Waals surface area contributed by atoms with Crippen molar-refractivity contribution in [3.63, 3.8) is 0 Å². The number of furan rings is 2.